The molecule has 0 radical (unpaired) electrons. The molecule has 0 unspecified atom stereocenters. The Hall–Kier alpha value is -1.70. The van der Waals surface area contributed by atoms with E-state index in [2.05, 4.69) is 51.2 Å². The maximum absolute atomic E-state index is 4.95. The van der Waals surface area contributed by atoms with E-state index in [1.807, 2.05) is 0 Å². The molecule has 32 heavy (non-hydrogen) atoms. The quantitative estimate of drug-likeness (QED) is 0.294. The fourth-order valence-electron chi connectivity index (χ4n) is 5.40. The highest BCUT2D eigenvalue weighted by molar-refractivity contribution is 5.65. The van der Waals surface area contributed by atoms with Crippen molar-refractivity contribution in [2.45, 2.75) is 123 Å². The summed E-state index contributed by atoms with van der Waals surface area (Å²) in [7, 11) is 0. The summed E-state index contributed by atoms with van der Waals surface area (Å²) in [6, 6.07) is 9.14. The van der Waals surface area contributed by atoms with Crippen LogP contribution in [0.2, 0.25) is 0 Å². The highest BCUT2D eigenvalue weighted by Crippen LogP contribution is 2.36. The topological polar surface area (TPSA) is 25.8 Å². The molecule has 0 N–H and O–H groups in total. The van der Waals surface area contributed by atoms with Gasteiger partial charge in [0.2, 0.25) is 0 Å². The zero-order valence-electron chi connectivity index (χ0n) is 21.0. The normalized spacial score (nSPS) is 18.7. The number of benzene rings is 1. The minimum Gasteiger partial charge on any atom is -0.240 e. The third-order valence-electron chi connectivity index (χ3n) is 7.49. The van der Waals surface area contributed by atoms with Gasteiger partial charge in [-0.1, -0.05) is 95.9 Å². The molecule has 0 atom stereocenters. The van der Waals surface area contributed by atoms with Crippen LogP contribution in [0.15, 0.2) is 30.5 Å². The zero-order chi connectivity index (χ0) is 22.6. The van der Waals surface area contributed by atoms with Crippen molar-refractivity contribution in [2.75, 3.05) is 0 Å². The predicted octanol–water partition coefficient (Wildman–Crippen LogP) is 9.21. The third-order valence-corrected chi connectivity index (χ3v) is 7.49. The van der Waals surface area contributed by atoms with E-state index in [0.29, 0.717) is 5.92 Å². The van der Waals surface area contributed by atoms with Gasteiger partial charge in [0.05, 0.1) is 0 Å². The maximum Gasteiger partial charge on any atom is 0.131 e. The first-order chi connectivity index (χ1) is 15.7. The van der Waals surface area contributed by atoms with Crippen molar-refractivity contribution < 1.29 is 0 Å². The average molecular weight is 435 g/mol. The first-order valence-corrected chi connectivity index (χ1v) is 13.6. The van der Waals surface area contributed by atoms with E-state index in [1.165, 1.54) is 113 Å². The van der Waals surface area contributed by atoms with Gasteiger partial charge in [-0.05, 0) is 62.5 Å². The fraction of sp³-hybridized carbons (Fsp3) is 0.667. The van der Waals surface area contributed by atoms with Gasteiger partial charge in [0.25, 0.3) is 0 Å². The van der Waals surface area contributed by atoms with Crippen molar-refractivity contribution in [1.82, 2.24) is 9.97 Å². The Morgan fingerprint density at radius 2 is 1.44 bits per heavy atom. The Bertz CT molecular complexity index is 772. The number of hydrogen-bond acceptors (Lipinski definition) is 2. The van der Waals surface area contributed by atoms with Gasteiger partial charge in [-0.3, -0.25) is 0 Å². The standard InChI is InChI=1S/C30H46N2/c1-4-6-7-8-9-10-11-12-14-26-15-19-27(20-16-26)29-23-31-30(32-24(29)3)28-21-17-25(13-5-2)18-22-28/h15-16,19-20,23,25,28H,4-14,17-18,21-22H2,1-3H3/t25-,28-. The molecule has 1 saturated carbocycles. The molecule has 0 aliphatic heterocycles. The van der Waals surface area contributed by atoms with Crippen molar-refractivity contribution in [1.29, 1.82) is 0 Å². The maximum atomic E-state index is 4.95. The number of unbranched alkanes of at least 4 members (excludes halogenated alkanes) is 7. The molecule has 1 aromatic heterocycles. The van der Waals surface area contributed by atoms with Crippen LogP contribution in [0.25, 0.3) is 11.1 Å². The summed E-state index contributed by atoms with van der Waals surface area (Å²) in [5, 5.41) is 0. The lowest BCUT2D eigenvalue weighted by Gasteiger charge is -2.27. The van der Waals surface area contributed by atoms with Crippen molar-refractivity contribution in [3.05, 3.63) is 47.5 Å². The number of aromatic nitrogens is 2. The molecule has 1 heterocycles. The van der Waals surface area contributed by atoms with Crippen LogP contribution in [0.3, 0.4) is 0 Å². The monoisotopic (exact) mass is 434 g/mol. The molecule has 0 saturated heterocycles. The molecule has 0 bridgehead atoms. The minimum absolute atomic E-state index is 0.560. The Morgan fingerprint density at radius 1 is 0.781 bits per heavy atom. The molecule has 1 aliphatic carbocycles. The second-order valence-corrected chi connectivity index (χ2v) is 10.2. The van der Waals surface area contributed by atoms with E-state index in [-0.39, 0.29) is 0 Å². The molecule has 2 aromatic rings. The van der Waals surface area contributed by atoms with Crippen LogP contribution in [-0.4, -0.2) is 9.97 Å². The van der Waals surface area contributed by atoms with Crippen molar-refractivity contribution >= 4 is 0 Å². The molecule has 2 heteroatoms. The highest BCUT2D eigenvalue weighted by Gasteiger charge is 2.24. The molecular formula is C30H46N2. The SMILES string of the molecule is CCCCCCCCCCc1ccc(-c2cnc([C@H]3CC[C@H](CCC)CC3)nc2C)cc1. The summed E-state index contributed by atoms with van der Waals surface area (Å²) in [5.74, 6) is 2.57. The smallest absolute Gasteiger partial charge is 0.131 e. The zero-order valence-corrected chi connectivity index (χ0v) is 21.0. The van der Waals surface area contributed by atoms with Crippen LogP contribution in [0.5, 0.6) is 0 Å². The van der Waals surface area contributed by atoms with Crippen molar-refractivity contribution in [3.8, 4) is 11.1 Å². The van der Waals surface area contributed by atoms with Gasteiger partial charge in [0, 0.05) is 23.4 Å². The van der Waals surface area contributed by atoms with Crippen LogP contribution in [0.4, 0.5) is 0 Å². The lowest BCUT2D eigenvalue weighted by atomic mass is 9.79. The molecule has 2 nitrogen and oxygen atoms in total. The first-order valence-electron chi connectivity index (χ1n) is 13.6. The highest BCUT2D eigenvalue weighted by atomic mass is 14.9. The Balaban J connectivity index is 1.46. The van der Waals surface area contributed by atoms with Crippen LogP contribution < -0.4 is 0 Å². The van der Waals surface area contributed by atoms with Crippen LogP contribution >= 0.6 is 0 Å². The van der Waals surface area contributed by atoms with Gasteiger partial charge in [-0.25, -0.2) is 9.97 Å². The number of rotatable bonds is 13. The molecule has 176 valence electrons. The summed E-state index contributed by atoms with van der Waals surface area (Å²) < 4.78 is 0. The van der Waals surface area contributed by atoms with Gasteiger partial charge in [-0.2, -0.15) is 0 Å². The van der Waals surface area contributed by atoms with Gasteiger partial charge >= 0.3 is 0 Å². The van der Waals surface area contributed by atoms with Crippen LogP contribution in [0, 0.1) is 12.8 Å². The Kier molecular flexibility index (Phi) is 10.7. The van der Waals surface area contributed by atoms with E-state index in [4.69, 9.17) is 9.97 Å². The van der Waals surface area contributed by atoms with Crippen molar-refractivity contribution in [2.24, 2.45) is 5.92 Å². The molecule has 1 aromatic carbocycles. The van der Waals surface area contributed by atoms with E-state index in [1.54, 1.807) is 0 Å². The largest absolute Gasteiger partial charge is 0.240 e. The number of hydrogen-bond donors (Lipinski definition) is 0. The molecule has 3 rings (SSSR count). The summed E-state index contributed by atoms with van der Waals surface area (Å²) in [4.78, 5) is 9.77. The summed E-state index contributed by atoms with van der Waals surface area (Å²) >= 11 is 0. The Morgan fingerprint density at radius 3 is 2.06 bits per heavy atom. The first kappa shape index (κ1) is 24.9. The van der Waals surface area contributed by atoms with E-state index < -0.39 is 0 Å². The van der Waals surface area contributed by atoms with Gasteiger partial charge in [0.1, 0.15) is 5.82 Å². The summed E-state index contributed by atoms with van der Waals surface area (Å²) in [6.45, 7) is 6.74. The van der Waals surface area contributed by atoms with Crippen LogP contribution in [0.1, 0.15) is 127 Å². The van der Waals surface area contributed by atoms with E-state index >= 15 is 0 Å². The molecule has 0 spiro atoms. The lowest BCUT2D eigenvalue weighted by molar-refractivity contribution is 0.302. The molecule has 0 amide bonds. The van der Waals surface area contributed by atoms with E-state index in [0.717, 1.165) is 17.4 Å². The summed E-state index contributed by atoms with van der Waals surface area (Å²) in [5.41, 5.74) is 5.02. The van der Waals surface area contributed by atoms with E-state index in [9.17, 15) is 0 Å². The number of aryl methyl sites for hydroxylation is 2. The van der Waals surface area contributed by atoms with Crippen LogP contribution in [-0.2, 0) is 6.42 Å². The Labute approximate surface area is 197 Å². The van der Waals surface area contributed by atoms with Gasteiger partial charge < -0.3 is 0 Å². The second-order valence-electron chi connectivity index (χ2n) is 10.2. The third kappa shape index (κ3) is 7.71. The minimum atomic E-state index is 0.560. The van der Waals surface area contributed by atoms with Gasteiger partial charge in [-0.15, -0.1) is 0 Å². The average Bonchev–Trinajstić information content (AvgIpc) is 2.82. The van der Waals surface area contributed by atoms with Crippen molar-refractivity contribution in [3.63, 3.8) is 0 Å². The molecule has 1 aliphatic rings. The number of nitrogens with zero attached hydrogens (tertiary/aromatic N) is 2. The molecular weight excluding hydrogens is 388 g/mol. The second kappa shape index (κ2) is 13.8. The predicted molar refractivity (Wildman–Crippen MR) is 138 cm³/mol. The molecule has 1 fully saturated rings. The van der Waals surface area contributed by atoms with Gasteiger partial charge in [0.15, 0.2) is 0 Å². The fourth-order valence-corrected chi connectivity index (χ4v) is 5.40. The summed E-state index contributed by atoms with van der Waals surface area (Å²) in [6.07, 6.45) is 22.3. The lowest BCUT2D eigenvalue weighted by Crippen LogP contribution is -2.15.